The number of aromatic amines is 2. The van der Waals surface area contributed by atoms with Crippen LogP contribution in [0.5, 0.6) is 0 Å². The maximum absolute atomic E-state index is 5.67. The van der Waals surface area contributed by atoms with Crippen molar-refractivity contribution in [2.75, 3.05) is 6.61 Å². The molecule has 0 spiro atoms. The topological polar surface area (TPSA) is 53.2 Å². The molecule has 0 atom stereocenters. The van der Waals surface area contributed by atoms with E-state index < -0.39 is 0 Å². The lowest BCUT2D eigenvalue weighted by Crippen LogP contribution is -1.94. The molecule has 0 amide bonds. The van der Waals surface area contributed by atoms with Gasteiger partial charge in [-0.25, -0.2) is 4.99 Å². The van der Waals surface area contributed by atoms with Crippen molar-refractivity contribution in [1.29, 1.82) is 0 Å². The average molecular weight is 267 g/mol. The smallest absolute Gasteiger partial charge is 0.147 e. The highest BCUT2D eigenvalue weighted by atomic mass is 16.5. The van der Waals surface area contributed by atoms with Crippen LogP contribution in [0.15, 0.2) is 53.0 Å². The molecule has 0 bridgehead atoms. The van der Waals surface area contributed by atoms with Gasteiger partial charge in [-0.3, -0.25) is 0 Å². The zero-order chi connectivity index (χ0) is 13.9. The van der Waals surface area contributed by atoms with E-state index in [9.17, 15) is 0 Å². The summed E-state index contributed by atoms with van der Waals surface area (Å²) in [6.07, 6.45) is 5.86. The van der Waals surface area contributed by atoms with E-state index >= 15 is 0 Å². The number of ether oxygens (including phenoxy) is 1. The lowest BCUT2D eigenvalue weighted by atomic mass is 10.2. The standard InChI is InChI=1S/C16H17N3O/c1-3-20-16-10-14(13-5-4-8-17-13)19-15(16)9-12-7-6-11(2)18-12/h4-10,17-18H,3H2,1-2H3/b15-9+. The average Bonchev–Trinajstić information content (AvgIpc) is 3.12. The Labute approximate surface area is 117 Å². The maximum Gasteiger partial charge on any atom is 0.147 e. The second-order valence-corrected chi connectivity index (χ2v) is 4.65. The fourth-order valence-corrected chi connectivity index (χ4v) is 2.17. The van der Waals surface area contributed by atoms with Crippen LogP contribution in [0.3, 0.4) is 0 Å². The summed E-state index contributed by atoms with van der Waals surface area (Å²) in [5.74, 6) is 0.810. The summed E-state index contributed by atoms with van der Waals surface area (Å²) in [5.41, 5.74) is 4.89. The minimum atomic E-state index is 0.625. The molecular formula is C16H17N3O. The van der Waals surface area contributed by atoms with Crippen LogP contribution in [-0.2, 0) is 4.74 Å². The van der Waals surface area contributed by atoms with Crippen LogP contribution < -0.4 is 0 Å². The minimum Gasteiger partial charge on any atom is -0.492 e. The van der Waals surface area contributed by atoms with Gasteiger partial charge >= 0.3 is 0 Å². The van der Waals surface area contributed by atoms with Gasteiger partial charge in [0.25, 0.3) is 0 Å². The molecule has 20 heavy (non-hydrogen) atoms. The molecule has 0 aromatic carbocycles. The van der Waals surface area contributed by atoms with Crippen LogP contribution >= 0.6 is 0 Å². The summed E-state index contributed by atoms with van der Waals surface area (Å²) >= 11 is 0. The van der Waals surface area contributed by atoms with Crippen molar-refractivity contribution >= 4 is 11.8 Å². The number of hydrogen-bond acceptors (Lipinski definition) is 2. The molecule has 0 radical (unpaired) electrons. The van der Waals surface area contributed by atoms with Gasteiger partial charge in [0.05, 0.1) is 18.0 Å². The van der Waals surface area contributed by atoms with Crippen LogP contribution in [-0.4, -0.2) is 22.3 Å². The third-order valence-corrected chi connectivity index (χ3v) is 3.08. The fraction of sp³-hybridized carbons (Fsp3) is 0.188. The Kier molecular flexibility index (Phi) is 3.29. The van der Waals surface area contributed by atoms with E-state index in [1.165, 1.54) is 0 Å². The molecule has 1 aliphatic heterocycles. The van der Waals surface area contributed by atoms with Crippen molar-refractivity contribution < 1.29 is 4.74 Å². The van der Waals surface area contributed by atoms with Crippen molar-refractivity contribution in [3.63, 3.8) is 0 Å². The number of aromatic nitrogens is 2. The Morgan fingerprint density at radius 2 is 2.20 bits per heavy atom. The minimum absolute atomic E-state index is 0.625. The maximum atomic E-state index is 5.67. The Balaban J connectivity index is 1.96. The van der Waals surface area contributed by atoms with Crippen LogP contribution in [0, 0.1) is 6.92 Å². The highest BCUT2D eigenvalue weighted by molar-refractivity contribution is 6.11. The molecule has 1 aliphatic rings. The quantitative estimate of drug-likeness (QED) is 0.876. The molecular weight excluding hydrogens is 250 g/mol. The Morgan fingerprint density at radius 3 is 2.85 bits per heavy atom. The van der Waals surface area contributed by atoms with Crippen LogP contribution in [0.2, 0.25) is 0 Å². The number of aliphatic imine (C=N–C) groups is 1. The Hall–Kier alpha value is -2.49. The molecule has 4 heteroatoms. The van der Waals surface area contributed by atoms with Crippen LogP contribution in [0.1, 0.15) is 24.0 Å². The molecule has 2 N–H and O–H groups in total. The summed E-state index contributed by atoms with van der Waals surface area (Å²) in [5, 5.41) is 0. The lowest BCUT2D eigenvalue weighted by Gasteiger charge is -2.03. The summed E-state index contributed by atoms with van der Waals surface area (Å²) in [4.78, 5) is 11.1. The number of hydrogen-bond donors (Lipinski definition) is 2. The van der Waals surface area contributed by atoms with Crippen molar-refractivity contribution in [2.24, 2.45) is 4.99 Å². The van der Waals surface area contributed by atoms with Crippen molar-refractivity contribution in [3.8, 4) is 0 Å². The third-order valence-electron chi connectivity index (χ3n) is 3.08. The number of aryl methyl sites for hydroxylation is 1. The highest BCUT2D eigenvalue weighted by Crippen LogP contribution is 2.24. The number of nitrogens with one attached hydrogen (secondary N) is 2. The lowest BCUT2D eigenvalue weighted by molar-refractivity contribution is 0.239. The zero-order valence-corrected chi connectivity index (χ0v) is 11.6. The van der Waals surface area contributed by atoms with Crippen molar-refractivity contribution in [1.82, 2.24) is 9.97 Å². The third kappa shape index (κ3) is 2.45. The Morgan fingerprint density at radius 1 is 1.30 bits per heavy atom. The monoisotopic (exact) mass is 267 g/mol. The van der Waals surface area contributed by atoms with E-state index in [0.717, 1.165) is 34.2 Å². The second-order valence-electron chi connectivity index (χ2n) is 4.65. The van der Waals surface area contributed by atoms with E-state index in [-0.39, 0.29) is 0 Å². The predicted molar refractivity (Wildman–Crippen MR) is 80.5 cm³/mol. The molecule has 0 unspecified atom stereocenters. The van der Waals surface area contributed by atoms with Gasteiger partial charge in [-0.2, -0.15) is 0 Å². The molecule has 0 saturated carbocycles. The largest absolute Gasteiger partial charge is 0.492 e. The molecule has 0 fully saturated rings. The number of allylic oxidation sites excluding steroid dienone is 1. The fourth-order valence-electron chi connectivity index (χ4n) is 2.17. The van der Waals surface area contributed by atoms with E-state index in [0.29, 0.717) is 6.61 Å². The first-order valence-corrected chi connectivity index (χ1v) is 6.71. The van der Waals surface area contributed by atoms with Gasteiger partial charge in [-0.1, -0.05) is 0 Å². The first kappa shape index (κ1) is 12.5. The Bertz CT molecular complexity index is 687. The molecule has 0 saturated heterocycles. The van der Waals surface area contributed by atoms with Gasteiger partial charge in [0.1, 0.15) is 11.5 Å². The van der Waals surface area contributed by atoms with Crippen molar-refractivity contribution in [3.05, 3.63) is 65.1 Å². The van der Waals surface area contributed by atoms with E-state index in [4.69, 9.17) is 4.74 Å². The molecule has 102 valence electrons. The summed E-state index contributed by atoms with van der Waals surface area (Å²) < 4.78 is 5.67. The van der Waals surface area contributed by atoms with Crippen molar-refractivity contribution in [2.45, 2.75) is 13.8 Å². The number of nitrogens with zero attached hydrogens (tertiary/aromatic N) is 1. The number of H-pyrrole nitrogens is 2. The first-order chi connectivity index (χ1) is 9.76. The summed E-state index contributed by atoms with van der Waals surface area (Å²) in [6, 6.07) is 8.04. The molecule has 2 aromatic heterocycles. The van der Waals surface area contributed by atoms with Gasteiger partial charge in [-0.05, 0) is 44.2 Å². The van der Waals surface area contributed by atoms with E-state index in [1.54, 1.807) is 0 Å². The van der Waals surface area contributed by atoms with Gasteiger partial charge < -0.3 is 14.7 Å². The summed E-state index contributed by atoms with van der Waals surface area (Å²) in [7, 11) is 0. The molecule has 3 heterocycles. The van der Waals surface area contributed by atoms with Crippen LogP contribution in [0.4, 0.5) is 0 Å². The molecule has 2 aromatic rings. The zero-order valence-electron chi connectivity index (χ0n) is 11.6. The summed E-state index contributed by atoms with van der Waals surface area (Å²) in [6.45, 7) is 4.63. The normalized spacial score (nSPS) is 16.4. The van der Waals surface area contributed by atoms with Gasteiger partial charge in [0, 0.05) is 23.7 Å². The molecule has 4 nitrogen and oxygen atoms in total. The van der Waals surface area contributed by atoms with Crippen LogP contribution in [0.25, 0.3) is 6.08 Å². The SMILES string of the molecule is CCOC1=CC(c2ccc[nH]2)=N/C1=C/c1ccc(C)[nH]1. The highest BCUT2D eigenvalue weighted by Gasteiger charge is 2.17. The van der Waals surface area contributed by atoms with Gasteiger partial charge in [0.2, 0.25) is 0 Å². The molecule has 3 rings (SSSR count). The second kappa shape index (κ2) is 5.25. The first-order valence-electron chi connectivity index (χ1n) is 6.71. The number of rotatable bonds is 4. The van der Waals surface area contributed by atoms with Gasteiger partial charge in [-0.15, -0.1) is 0 Å². The van der Waals surface area contributed by atoms with E-state index in [2.05, 4.69) is 15.0 Å². The van der Waals surface area contributed by atoms with E-state index in [1.807, 2.05) is 56.5 Å². The predicted octanol–water partition coefficient (Wildman–Crippen LogP) is 3.42. The molecule has 0 aliphatic carbocycles. The van der Waals surface area contributed by atoms with Gasteiger partial charge in [0.15, 0.2) is 0 Å².